The molecule has 2 amide bonds. The summed E-state index contributed by atoms with van der Waals surface area (Å²) in [5.41, 5.74) is 2.76. The second-order valence-corrected chi connectivity index (χ2v) is 7.11. The summed E-state index contributed by atoms with van der Waals surface area (Å²) in [5, 5.41) is 5.77. The SMILES string of the molecule is COCC(=O)NCCCc1nc2ccccc2n1CC(=O)NCc1ccc(OC)cc1. The lowest BCUT2D eigenvalue weighted by Crippen LogP contribution is -2.29. The van der Waals surface area contributed by atoms with Crippen molar-refractivity contribution >= 4 is 22.8 Å². The summed E-state index contributed by atoms with van der Waals surface area (Å²) >= 11 is 0. The van der Waals surface area contributed by atoms with Crippen LogP contribution in [-0.2, 0) is 33.8 Å². The van der Waals surface area contributed by atoms with Crippen LogP contribution in [0.25, 0.3) is 11.0 Å². The topological polar surface area (TPSA) is 94.5 Å². The number of hydrogen-bond acceptors (Lipinski definition) is 5. The average Bonchev–Trinajstić information content (AvgIpc) is 3.13. The third-order valence-corrected chi connectivity index (χ3v) is 4.86. The number of nitrogens with one attached hydrogen (secondary N) is 2. The molecule has 0 unspecified atom stereocenters. The van der Waals surface area contributed by atoms with Gasteiger partial charge in [0.25, 0.3) is 0 Å². The fraction of sp³-hybridized carbons (Fsp3) is 0.348. The van der Waals surface area contributed by atoms with Gasteiger partial charge in [-0.1, -0.05) is 24.3 Å². The Morgan fingerprint density at radius 3 is 2.52 bits per heavy atom. The number of aromatic nitrogens is 2. The highest BCUT2D eigenvalue weighted by Crippen LogP contribution is 2.17. The molecule has 3 rings (SSSR count). The van der Waals surface area contributed by atoms with Gasteiger partial charge in [-0.05, 0) is 36.2 Å². The van der Waals surface area contributed by atoms with Crippen LogP contribution in [0.5, 0.6) is 5.75 Å². The van der Waals surface area contributed by atoms with Crippen molar-refractivity contribution in [3.8, 4) is 5.75 Å². The third-order valence-electron chi connectivity index (χ3n) is 4.86. The highest BCUT2D eigenvalue weighted by Gasteiger charge is 2.13. The molecule has 2 aromatic carbocycles. The summed E-state index contributed by atoms with van der Waals surface area (Å²) in [6.45, 7) is 1.19. The Morgan fingerprint density at radius 2 is 1.77 bits per heavy atom. The van der Waals surface area contributed by atoms with Gasteiger partial charge < -0.3 is 24.7 Å². The largest absolute Gasteiger partial charge is 0.497 e. The van der Waals surface area contributed by atoms with E-state index in [1.54, 1.807) is 7.11 Å². The predicted molar refractivity (Wildman–Crippen MR) is 118 cm³/mol. The third kappa shape index (κ3) is 6.29. The Bertz CT molecular complexity index is 1010. The number of para-hydroxylation sites is 2. The maximum atomic E-state index is 12.6. The molecule has 1 heterocycles. The van der Waals surface area contributed by atoms with E-state index in [2.05, 4.69) is 15.6 Å². The van der Waals surface area contributed by atoms with Crippen LogP contribution >= 0.6 is 0 Å². The number of aryl methyl sites for hydroxylation is 1. The summed E-state index contributed by atoms with van der Waals surface area (Å²) in [6.07, 6.45) is 1.36. The fourth-order valence-corrected chi connectivity index (χ4v) is 3.29. The summed E-state index contributed by atoms with van der Waals surface area (Å²) in [5.74, 6) is 1.37. The summed E-state index contributed by atoms with van der Waals surface area (Å²) in [7, 11) is 3.11. The van der Waals surface area contributed by atoms with Gasteiger partial charge >= 0.3 is 0 Å². The normalized spacial score (nSPS) is 10.8. The van der Waals surface area contributed by atoms with Crippen molar-refractivity contribution in [1.29, 1.82) is 0 Å². The minimum atomic E-state index is -0.145. The molecule has 0 atom stereocenters. The van der Waals surface area contributed by atoms with Gasteiger partial charge in [0.2, 0.25) is 11.8 Å². The lowest BCUT2D eigenvalue weighted by atomic mass is 10.2. The van der Waals surface area contributed by atoms with Gasteiger partial charge in [-0.3, -0.25) is 9.59 Å². The number of benzene rings is 2. The van der Waals surface area contributed by atoms with Crippen LogP contribution in [0.15, 0.2) is 48.5 Å². The smallest absolute Gasteiger partial charge is 0.245 e. The Balaban J connectivity index is 1.61. The van der Waals surface area contributed by atoms with E-state index in [9.17, 15) is 9.59 Å². The highest BCUT2D eigenvalue weighted by molar-refractivity contribution is 5.81. The van der Waals surface area contributed by atoms with Crippen LogP contribution in [0.1, 0.15) is 17.8 Å². The number of rotatable bonds is 11. The number of carbonyl (C=O) groups is 2. The van der Waals surface area contributed by atoms with Crippen molar-refractivity contribution in [3.63, 3.8) is 0 Å². The molecule has 0 saturated carbocycles. The Labute approximate surface area is 181 Å². The molecule has 164 valence electrons. The molecule has 0 aliphatic rings. The molecule has 3 aromatic rings. The Morgan fingerprint density at radius 1 is 1.00 bits per heavy atom. The summed E-state index contributed by atoms with van der Waals surface area (Å²) < 4.78 is 11.9. The Kier molecular flexibility index (Phi) is 8.00. The summed E-state index contributed by atoms with van der Waals surface area (Å²) in [4.78, 5) is 28.8. The molecule has 31 heavy (non-hydrogen) atoms. The van der Waals surface area contributed by atoms with Crippen molar-refractivity contribution in [1.82, 2.24) is 20.2 Å². The Hall–Kier alpha value is -3.39. The molecule has 0 bridgehead atoms. The molecule has 8 heteroatoms. The van der Waals surface area contributed by atoms with Crippen LogP contribution in [0.2, 0.25) is 0 Å². The molecular weight excluding hydrogens is 396 g/mol. The zero-order valence-corrected chi connectivity index (χ0v) is 17.9. The van der Waals surface area contributed by atoms with Gasteiger partial charge in [0.15, 0.2) is 0 Å². The van der Waals surface area contributed by atoms with Crippen LogP contribution in [0.3, 0.4) is 0 Å². The van der Waals surface area contributed by atoms with Crippen LogP contribution in [-0.4, -0.2) is 48.7 Å². The molecule has 2 N–H and O–H groups in total. The molecule has 0 saturated heterocycles. The lowest BCUT2D eigenvalue weighted by molar-refractivity contribution is -0.124. The molecular formula is C23H28N4O4. The average molecular weight is 425 g/mol. The van der Waals surface area contributed by atoms with Crippen LogP contribution in [0.4, 0.5) is 0 Å². The first-order valence-electron chi connectivity index (χ1n) is 10.2. The lowest BCUT2D eigenvalue weighted by Gasteiger charge is -2.11. The quantitative estimate of drug-likeness (QED) is 0.460. The maximum absolute atomic E-state index is 12.6. The van der Waals surface area contributed by atoms with Crippen molar-refractivity contribution in [3.05, 3.63) is 59.9 Å². The van der Waals surface area contributed by atoms with Crippen LogP contribution < -0.4 is 15.4 Å². The number of imidazole rings is 1. The molecule has 0 spiro atoms. The van der Waals surface area contributed by atoms with Gasteiger partial charge in [0.1, 0.15) is 24.7 Å². The van der Waals surface area contributed by atoms with Gasteiger partial charge in [0, 0.05) is 26.6 Å². The molecule has 0 aliphatic heterocycles. The molecule has 8 nitrogen and oxygen atoms in total. The zero-order chi connectivity index (χ0) is 22.1. The maximum Gasteiger partial charge on any atom is 0.245 e. The van der Waals surface area contributed by atoms with Gasteiger partial charge in [0.05, 0.1) is 18.1 Å². The predicted octanol–water partition coefficient (Wildman–Crippen LogP) is 2.06. The zero-order valence-electron chi connectivity index (χ0n) is 17.9. The fourth-order valence-electron chi connectivity index (χ4n) is 3.29. The first kappa shape index (κ1) is 22.3. The molecule has 1 aromatic heterocycles. The van der Waals surface area contributed by atoms with Gasteiger partial charge in [-0.2, -0.15) is 0 Å². The van der Waals surface area contributed by atoms with E-state index in [0.717, 1.165) is 28.2 Å². The van der Waals surface area contributed by atoms with E-state index in [1.807, 2.05) is 53.1 Å². The summed E-state index contributed by atoms with van der Waals surface area (Å²) in [6, 6.07) is 15.4. The second kappa shape index (κ2) is 11.1. The number of fused-ring (bicyclic) bond motifs is 1. The standard InChI is InChI=1S/C23H28N4O4/c1-30-16-23(29)24-13-5-8-21-26-19-6-3-4-7-20(19)27(21)15-22(28)25-14-17-9-11-18(31-2)12-10-17/h3-4,6-7,9-12H,5,8,13-16H2,1-2H3,(H,24,29)(H,25,28). The number of methoxy groups -OCH3 is 2. The molecule has 0 fully saturated rings. The molecule has 0 radical (unpaired) electrons. The van der Waals surface area contributed by atoms with E-state index in [4.69, 9.17) is 9.47 Å². The van der Waals surface area contributed by atoms with Crippen molar-refractivity contribution < 1.29 is 19.1 Å². The first-order valence-corrected chi connectivity index (χ1v) is 10.2. The van der Waals surface area contributed by atoms with Crippen molar-refractivity contribution in [2.45, 2.75) is 25.9 Å². The van der Waals surface area contributed by atoms with Crippen molar-refractivity contribution in [2.24, 2.45) is 0 Å². The number of carbonyl (C=O) groups excluding carboxylic acids is 2. The highest BCUT2D eigenvalue weighted by atomic mass is 16.5. The van der Waals surface area contributed by atoms with E-state index in [0.29, 0.717) is 25.9 Å². The monoisotopic (exact) mass is 424 g/mol. The number of hydrogen-bond donors (Lipinski definition) is 2. The second-order valence-electron chi connectivity index (χ2n) is 7.11. The number of nitrogens with zero attached hydrogens (tertiary/aromatic N) is 2. The van der Waals surface area contributed by atoms with Gasteiger partial charge in [-0.25, -0.2) is 4.98 Å². The molecule has 0 aliphatic carbocycles. The number of amides is 2. The van der Waals surface area contributed by atoms with E-state index in [1.165, 1.54) is 7.11 Å². The van der Waals surface area contributed by atoms with Gasteiger partial charge in [-0.15, -0.1) is 0 Å². The van der Waals surface area contributed by atoms with Crippen molar-refractivity contribution in [2.75, 3.05) is 27.4 Å². The minimum absolute atomic E-state index is 0.0485. The number of ether oxygens (including phenoxy) is 2. The van der Waals surface area contributed by atoms with E-state index in [-0.39, 0.29) is 25.0 Å². The van der Waals surface area contributed by atoms with E-state index >= 15 is 0 Å². The minimum Gasteiger partial charge on any atom is -0.497 e. The first-order chi connectivity index (χ1) is 15.1. The van der Waals surface area contributed by atoms with E-state index < -0.39 is 0 Å². The van der Waals surface area contributed by atoms with Crippen LogP contribution in [0, 0.1) is 0 Å².